The molecular weight excluding hydrogens is 398 g/mol. The molecule has 0 aliphatic carbocycles. The number of amides is 1. The van der Waals surface area contributed by atoms with Gasteiger partial charge >= 0.3 is 12.1 Å². The van der Waals surface area contributed by atoms with Crippen molar-refractivity contribution in [1.82, 2.24) is 5.32 Å². The number of nitrogens with one attached hydrogen (secondary N) is 1. The molecule has 0 unspecified atom stereocenters. The molecule has 2 N–H and O–H groups in total. The summed E-state index contributed by atoms with van der Waals surface area (Å²) in [6, 6.07) is 19.7. The number of benzene rings is 3. The van der Waals surface area contributed by atoms with Crippen molar-refractivity contribution in [2.75, 3.05) is 6.54 Å². The molecule has 158 valence electrons. The summed E-state index contributed by atoms with van der Waals surface area (Å²) in [6.45, 7) is 1.57. The Kier molecular flexibility index (Phi) is 7.01. The molecule has 0 spiro atoms. The molecular formula is C24H21NO6. The third-order valence-corrected chi connectivity index (χ3v) is 4.37. The average molecular weight is 419 g/mol. The number of carbonyl (C=O) groups is 3. The van der Waals surface area contributed by atoms with Crippen LogP contribution in [-0.4, -0.2) is 29.5 Å². The minimum atomic E-state index is -0.768. The molecule has 0 aliphatic heterocycles. The van der Waals surface area contributed by atoms with Gasteiger partial charge in [0.1, 0.15) is 6.61 Å². The molecule has 0 aromatic heterocycles. The van der Waals surface area contributed by atoms with Gasteiger partial charge in [-0.15, -0.1) is 0 Å². The molecule has 0 atom stereocenters. The number of phenolic OH excluding ortho intramolecular Hbond substituents is 1. The van der Waals surface area contributed by atoms with E-state index in [2.05, 4.69) is 5.32 Å². The number of esters is 1. The second kappa shape index (κ2) is 10.1. The summed E-state index contributed by atoms with van der Waals surface area (Å²) < 4.78 is 10.3. The van der Waals surface area contributed by atoms with Crippen LogP contribution in [0.5, 0.6) is 11.5 Å². The standard InChI is InChI=1S/C24H21NO6/c1-16-7-10-19(11-8-16)23(28)31-22-13-17(9-12-20(22)26)15-30-24(29)25-14-21(27)18-5-3-2-4-6-18/h2-13,26H,14-15H2,1H3,(H,25,29). The number of hydrogen-bond donors (Lipinski definition) is 2. The lowest BCUT2D eigenvalue weighted by Crippen LogP contribution is -2.30. The van der Waals surface area contributed by atoms with Gasteiger partial charge in [0.05, 0.1) is 12.1 Å². The molecule has 3 rings (SSSR count). The van der Waals surface area contributed by atoms with Crippen molar-refractivity contribution in [3.05, 3.63) is 95.1 Å². The molecule has 0 bridgehead atoms. The van der Waals surface area contributed by atoms with E-state index in [1.54, 1.807) is 54.6 Å². The van der Waals surface area contributed by atoms with Gasteiger partial charge < -0.3 is 19.9 Å². The first-order valence-electron chi connectivity index (χ1n) is 9.52. The maximum Gasteiger partial charge on any atom is 0.407 e. The predicted octanol–water partition coefficient (Wildman–Crippen LogP) is 4.03. The number of hydrogen-bond acceptors (Lipinski definition) is 6. The zero-order chi connectivity index (χ0) is 22.2. The van der Waals surface area contributed by atoms with Gasteiger partial charge in [0, 0.05) is 5.56 Å². The van der Waals surface area contributed by atoms with Crippen LogP contribution in [0.2, 0.25) is 0 Å². The monoisotopic (exact) mass is 419 g/mol. The van der Waals surface area contributed by atoms with Gasteiger partial charge in [0.15, 0.2) is 17.3 Å². The average Bonchev–Trinajstić information content (AvgIpc) is 2.79. The number of ketones is 1. The number of rotatable bonds is 7. The maximum absolute atomic E-state index is 12.3. The van der Waals surface area contributed by atoms with Crippen LogP contribution in [0.1, 0.15) is 31.8 Å². The predicted molar refractivity (Wildman–Crippen MR) is 113 cm³/mol. The molecule has 7 heteroatoms. The highest BCUT2D eigenvalue weighted by Crippen LogP contribution is 2.28. The van der Waals surface area contributed by atoms with Gasteiger partial charge in [-0.05, 0) is 36.8 Å². The number of phenols is 1. The summed E-state index contributed by atoms with van der Waals surface area (Å²) in [5, 5.41) is 12.4. The number of aromatic hydroxyl groups is 1. The van der Waals surface area contributed by atoms with Crippen LogP contribution in [0.4, 0.5) is 4.79 Å². The molecule has 3 aromatic carbocycles. The van der Waals surface area contributed by atoms with Crippen molar-refractivity contribution in [1.29, 1.82) is 0 Å². The molecule has 0 aliphatic rings. The molecule has 31 heavy (non-hydrogen) atoms. The number of carbonyl (C=O) groups excluding carboxylic acids is 3. The molecule has 0 fully saturated rings. The van der Waals surface area contributed by atoms with Crippen molar-refractivity contribution in [2.45, 2.75) is 13.5 Å². The smallest absolute Gasteiger partial charge is 0.407 e. The van der Waals surface area contributed by atoms with Crippen molar-refractivity contribution in [3.8, 4) is 11.5 Å². The summed E-state index contributed by atoms with van der Waals surface area (Å²) in [5.74, 6) is -1.13. The number of aryl methyl sites for hydroxylation is 1. The Hall–Kier alpha value is -4.13. The van der Waals surface area contributed by atoms with Crippen LogP contribution in [0.15, 0.2) is 72.8 Å². The second-order valence-corrected chi connectivity index (χ2v) is 6.78. The maximum atomic E-state index is 12.3. The lowest BCUT2D eigenvalue weighted by atomic mass is 10.1. The SMILES string of the molecule is Cc1ccc(C(=O)Oc2cc(COC(=O)NCC(=O)c3ccccc3)ccc2O)cc1. The minimum Gasteiger partial charge on any atom is -0.504 e. The van der Waals surface area contributed by atoms with Gasteiger partial charge in [0.25, 0.3) is 0 Å². The van der Waals surface area contributed by atoms with Crippen LogP contribution in [-0.2, 0) is 11.3 Å². The van der Waals surface area contributed by atoms with Crippen molar-refractivity contribution >= 4 is 17.8 Å². The van der Waals surface area contributed by atoms with E-state index in [4.69, 9.17) is 9.47 Å². The normalized spacial score (nSPS) is 10.2. The second-order valence-electron chi connectivity index (χ2n) is 6.78. The summed E-state index contributed by atoms with van der Waals surface area (Å²) in [7, 11) is 0. The quantitative estimate of drug-likeness (QED) is 0.341. The topological polar surface area (TPSA) is 102 Å². The fourth-order valence-corrected chi connectivity index (χ4v) is 2.66. The first-order chi connectivity index (χ1) is 14.9. The molecule has 3 aromatic rings. The molecule has 1 amide bonds. The highest BCUT2D eigenvalue weighted by molar-refractivity contribution is 5.98. The van der Waals surface area contributed by atoms with Crippen LogP contribution < -0.4 is 10.1 Å². The first kappa shape index (κ1) is 21.6. The van der Waals surface area contributed by atoms with E-state index in [0.717, 1.165) is 5.56 Å². The number of Topliss-reactive ketones (excluding diaryl/α,β-unsaturated/α-hetero) is 1. The first-order valence-corrected chi connectivity index (χ1v) is 9.52. The van der Waals surface area contributed by atoms with Gasteiger partial charge in [0.2, 0.25) is 0 Å². The Balaban J connectivity index is 1.53. The Morgan fingerprint density at radius 1 is 0.903 bits per heavy atom. The van der Waals surface area contributed by atoms with E-state index >= 15 is 0 Å². The van der Waals surface area contributed by atoms with Crippen molar-refractivity contribution in [3.63, 3.8) is 0 Å². The van der Waals surface area contributed by atoms with Crippen LogP contribution >= 0.6 is 0 Å². The third-order valence-electron chi connectivity index (χ3n) is 4.37. The van der Waals surface area contributed by atoms with Crippen LogP contribution in [0.3, 0.4) is 0 Å². The van der Waals surface area contributed by atoms with E-state index in [-0.39, 0.29) is 30.4 Å². The van der Waals surface area contributed by atoms with Gasteiger partial charge in [-0.1, -0.05) is 54.1 Å². The summed E-state index contributed by atoms with van der Waals surface area (Å²) >= 11 is 0. The van der Waals surface area contributed by atoms with Crippen LogP contribution in [0, 0.1) is 6.92 Å². The largest absolute Gasteiger partial charge is 0.504 e. The van der Waals surface area contributed by atoms with Gasteiger partial charge in [-0.2, -0.15) is 0 Å². The van der Waals surface area contributed by atoms with E-state index in [1.165, 1.54) is 18.2 Å². The van der Waals surface area contributed by atoms with Crippen LogP contribution in [0.25, 0.3) is 0 Å². The molecule has 0 saturated heterocycles. The molecule has 7 nitrogen and oxygen atoms in total. The fourth-order valence-electron chi connectivity index (χ4n) is 2.66. The Bertz CT molecular complexity index is 1080. The number of alkyl carbamates (subject to hydrolysis) is 1. The van der Waals surface area contributed by atoms with Gasteiger partial charge in [-0.3, -0.25) is 4.79 Å². The van der Waals surface area contributed by atoms with E-state index in [1.807, 2.05) is 6.92 Å². The van der Waals surface area contributed by atoms with E-state index in [0.29, 0.717) is 16.7 Å². The lowest BCUT2D eigenvalue weighted by Gasteiger charge is -2.10. The summed E-state index contributed by atoms with van der Waals surface area (Å²) in [5.41, 5.74) is 2.33. The summed E-state index contributed by atoms with van der Waals surface area (Å²) in [6.07, 6.45) is -0.768. The summed E-state index contributed by atoms with van der Waals surface area (Å²) in [4.78, 5) is 36.1. The zero-order valence-corrected chi connectivity index (χ0v) is 16.8. The van der Waals surface area contributed by atoms with Crippen molar-refractivity contribution < 1.29 is 29.0 Å². The molecule has 0 radical (unpaired) electrons. The fraction of sp³-hybridized carbons (Fsp3) is 0.125. The van der Waals surface area contributed by atoms with E-state index in [9.17, 15) is 19.5 Å². The molecule has 0 heterocycles. The Labute approximate surface area is 179 Å². The lowest BCUT2D eigenvalue weighted by molar-refractivity contribution is 0.0728. The Morgan fingerprint density at radius 2 is 1.61 bits per heavy atom. The van der Waals surface area contributed by atoms with Crippen molar-refractivity contribution in [2.24, 2.45) is 0 Å². The highest BCUT2D eigenvalue weighted by atomic mass is 16.6. The number of ether oxygens (including phenoxy) is 2. The highest BCUT2D eigenvalue weighted by Gasteiger charge is 2.13. The zero-order valence-electron chi connectivity index (χ0n) is 16.8. The Morgan fingerprint density at radius 3 is 2.32 bits per heavy atom. The van der Waals surface area contributed by atoms with E-state index < -0.39 is 12.1 Å². The third kappa shape index (κ3) is 6.17. The molecule has 0 saturated carbocycles. The van der Waals surface area contributed by atoms with Gasteiger partial charge in [-0.25, -0.2) is 9.59 Å². The minimum absolute atomic E-state index is 0.0497.